The van der Waals surface area contributed by atoms with Gasteiger partial charge in [0.1, 0.15) is 0 Å². The fourth-order valence-electron chi connectivity index (χ4n) is 4.32. The van der Waals surface area contributed by atoms with Crippen molar-refractivity contribution in [2.45, 2.75) is 11.1 Å². The van der Waals surface area contributed by atoms with Gasteiger partial charge in [-0.15, -0.1) is 0 Å². The second kappa shape index (κ2) is 11.9. The van der Waals surface area contributed by atoms with Gasteiger partial charge in [0, 0.05) is 16.3 Å². The molecule has 224 valence electrons. The molecule has 5 rings (SSSR count). The number of anilines is 1. The molecule has 4 aromatic carbocycles. The Morgan fingerprint density at radius 2 is 1.59 bits per heavy atom. The van der Waals surface area contributed by atoms with E-state index in [0.29, 0.717) is 4.57 Å². The standard InChI is InChI=1S/C30H20ClF3N4O5S/c31-25-13-3-4-14-26(25)37-44(42,43)21-10-5-7-18(15-21)27(39)36-35-17-24-22-11-1-2-12-23(22)28(40)38(29(24)41)20-9-6-8-19(16-20)30(32,33)34/h1-17,37,41H,(H,36,39)/b35-17-. The summed E-state index contributed by atoms with van der Waals surface area (Å²) in [5, 5.41) is 15.4. The quantitative estimate of drug-likeness (QED) is 0.150. The van der Waals surface area contributed by atoms with Crippen molar-refractivity contribution in [2.24, 2.45) is 5.10 Å². The van der Waals surface area contributed by atoms with Crippen LogP contribution in [0.2, 0.25) is 5.02 Å². The maximum Gasteiger partial charge on any atom is 0.416 e. The molecule has 14 heteroatoms. The van der Waals surface area contributed by atoms with E-state index in [1.54, 1.807) is 24.3 Å². The van der Waals surface area contributed by atoms with E-state index in [1.165, 1.54) is 48.5 Å². The number of aromatic hydroxyl groups is 1. The van der Waals surface area contributed by atoms with Gasteiger partial charge in [0.25, 0.3) is 21.5 Å². The van der Waals surface area contributed by atoms with Gasteiger partial charge < -0.3 is 5.11 Å². The number of carbonyl (C=O) groups is 1. The molecule has 0 bridgehead atoms. The fraction of sp³-hybridized carbons (Fsp3) is 0.0333. The van der Waals surface area contributed by atoms with Crippen molar-refractivity contribution < 1.29 is 31.5 Å². The zero-order valence-electron chi connectivity index (χ0n) is 22.2. The number of hydrogen-bond donors (Lipinski definition) is 3. The van der Waals surface area contributed by atoms with Crippen molar-refractivity contribution in [3.63, 3.8) is 0 Å². The number of hydrogen-bond acceptors (Lipinski definition) is 6. The van der Waals surface area contributed by atoms with Crippen LogP contribution in [0.1, 0.15) is 21.5 Å². The first-order chi connectivity index (χ1) is 20.9. The zero-order chi connectivity index (χ0) is 31.6. The van der Waals surface area contributed by atoms with E-state index in [4.69, 9.17) is 11.6 Å². The minimum Gasteiger partial charge on any atom is -0.494 e. The third kappa shape index (κ3) is 6.14. The van der Waals surface area contributed by atoms with E-state index in [0.717, 1.165) is 30.5 Å². The van der Waals surface area contributed by atoms with Crippen LogP contribution in [-0.4, -0.2) is 30.2 Å². The summed E-state index contributed by atoms with van der Waals surface area (Å²) in [6.07, 6.45) is -3.67. The Kier molecular flexibility index (Phi) is 8.17. The number of para-hydroxylation sites is 1. The molecule has 0 aliphatic rings. The summed E-state index contributed by atoms with van der Waals surface area (Å²) in [4.78, 5) is 25.9. The van der Waals surface area contributed by atoms with Crippen LogP contribution >= 0.6 is 11.6 Å². The van der Waals surface area contributed by atoms with Gasteiger partial charge >= 0.3 is 6.18 Å². The molecule has 5 aromatic rings. The molecule has 1 heterocycles. The van der Waals surface area contributed by atoms with Crippen LogP contribution < -0.4 is 15.7 Å². The Morgan fingerprint density at radius 3 is 2.32 bits per heavy atom. The predicted molar refractivity (Wildman–Crippen MR) is 160 cm³/mol. The molecule has 0 fully saturated rings. The summed E-state index contributed by atoms with van der Waals surface area (Å²) in [5.74, 6) is -1.53. The third-order valence-corrected chi connectivity index (χ3v) is 8.11. The molecular weight excluding hydrogens is 621 g/mol. The van der Waals surface area contributed by atoms with Crippen molar-refractivity contribution >= 4 is 50.2 Å². The molecule has 0 atom stereocenters. The first kappa shape index (κ1) is 30.3. The lowest BCUT2D eigenvalue weighted by Gasteiger charge is -2.15. The van der Waals surface area contributed by atoms with E-state index in [9.17, 15) is 36.3 Å². The number of nitrogens with one attached hydrogen (secondary N) is 2. The van der Waals surface area contributed by atoms with Crippen molar-refractivity contribution in [1.82, 2.24) is 9.99 Å². The second-order valence-electron chi connectivity index (χ2n) is 9.28. The Balaban J connectivity index is 1.46. The molecule has 1 amide bonds. The summed E-state index contributed by atoms with van der Waals surface area (Å²) < 4.78 is 68.9. The Labute approximate surface area is 252 Å². The highest BCUT2D eigenvalue weighted by Crippen LogP contribution is 2.32. The molecule has 0 radical (unpaired) electrons. The van der Waals surface area contributed by atoms with E-state index >= 15 is 0 Å². The monoisotopic (exact) mass is 640 g/mol. The SMILES string of the molecule is O=C(N/N=C\c1c(O)n(-c2cccc(C(F)(F)F)c2)c(=O)c2ccccc12)c1cccc(S(=O)(=O)Nc2ccccc2Cl)c1. The van der Waals surface area contributed by atoms with Crippen LogP contribution in [0, 0.1) is 0 Å². The van der Waals surface area contributed by atoms with E-state index in [2.05, 4.69) is 15.2 Å². The maximum atomic E-state index is 13.4. The number of fused-ring (bicyclic) bond motifs is 1. The molecule has 0 saturated carbocycles. The van der Waals surface area contributed by atoms with Crippen molar-refractivity contribution in [2.75, 3.05) is 4.72 Å². The smallest absolute Gasteiger partial charge is 0.416 e. The minimum absolute atomic E-state index is 0.0689. The number of hydrazone groups is 1. The van der Waals surface area contributed by atoms with Crippen LogP contribution in [0.15, 0.2) is 112 Å². The number of nitrogens with zero attached hydrogens (tertiary/aromatic N) is 2. The number of halogens is 4. The fourth-order valence-corrected chi connectivity index (χ4v) is 5.69. The lowest BCUT2D eigenvalue weighted by molar-refractivity contribution is -0.137. The highest BCUT2D eigenvalue weighted by Gasteiger charge is 2.31. The molecule has 1 aromatic heterocycles. The topological polar surface area (TPSA) is 130 Å². The summed E-state index contributed by atoms with van der Waals surface area (Å²) in [6, 6.07) is 21.2. The summed E-state index contributed by atoms with van der Waals surface area (Å²) in [6.45, 7) is 0. The van der Waals surface area contributed by atoms with E-state index in [-0.39, 0.29) is 43.2 Å². The number of benzene rings is 4. The van der Waals surface area contributed by atoms with Gasteiger partial charge in [-0.1, -0.05) is 54.1 Å². The highest BCUT2D eigenvalue weighted by atomic mass is 35.5. The Bertz CT molecular complexity index is 2110. The van der Waals surface area contributed by atoms with Crippen LogP contribution in [0.4, 0.5) is 18.9 Å². The first-order valence-electron chi connectivity index (χ1n) is 12.6. The summed E-state index contributed by atoms with van der Waals surface area (Å²) >= 11 is 6.04. The van der Waals surface area contributed by atoms with E-state index < -0.39 is 39.1 Å². The van der Waals surface area contributed by atoms with Gasteiger partial charge in [0.2, 0.25) is 5.88 Å². The average molecular weight is 641 g/mol. The van der Waals surface area contributed by atoms with Gasteiger partial charge in [-0.25, -0.2) is 18.4 Å². The molecular formula is C30H20ClF3N4O5S. The number of sulfonamides is 1. The molecule has 0 spiro atoms. The molecule has 0 saturated heterocycles. The summed E-state index contributed by atoms with van der Waals surface area (Å²) in [5.41, 5.74) is 0.183. The Hall–Kier alpha value is -5.14. The highest BCUT2D eigenvalue weighted by molar-refractivity contribution is 7.92. The number of rotatable bonds is 7. The third-order valence-electron chi connectivity index (χ3n) is 6.42. The second-order valence-corrected chi connectivity index (χ2v) is 11.4. The first-order valence-corrected chi connectivity index (χ1v) is 14.5. The minimum atomic E-state index is -4.69. The maximum absolute atomic E-state index is 13.4. The van der Waals surface area contributed by atoms with Crippen molar-refractivity contribution in [3.8, 4) is 11.6 Å². The number of pyridine rings is 1. The largest absolute Gasteiger partial charge is 0.494 e. The average Bonchev–Trinajstić information content (AvgIpc) is 3.00. The molecule has 0 aliphatic heterocycles. The zero-order valence-corrected chi connectivity index (χ0v) is 23.8. The van der Waals surface area contributed by atoms with Crippen LogP contribution in [0.3, 0.4) is 0 Å². The van der Waals surface area contributed by atoms with Crippen LogP contribution in [0.5, 0.6) is 5.88 Å². The number of alkyl halides is 3. The Morgan fingerprint density at radius 1 is 0.909 bits per heavy atom. The van der Waals surface area contributed by atoms with Gasteiger partial charge in [-0.2, -0.15) is 18.3 Å². The van der Waals surface area contributed by atoms with Crippen molar-refractivity contribution in [3.05, 3.63) is 129 Å². The van der Waals surface area contributed by atoms with E-state index in [1.807, 2.05) is 0 Å². The number of aromatic nitrogens is 1. The molecule has 0 unspecified atom stereocenters. The van der Waals surface area contributed by atoms with Gasteiger partial charge in [0.15, 0.2) is 0 Å². The lowest BCUT2D eigenvalue weighted by atomic mass is 10.1. The van der Waals surface area contributed by atoms with Gasteiger partial charge in [0.05, 0.1) is 38.6 Å². The van der Waals surface area contributed by atoms with Crippen LogP contribution in [-0.2, 0) is 16.2 Å². The predicted octanol–water partition coefficient (Wildman–Crippen LogP) is 5.93. The molecule has 44 heavy (non-hydrogen) atoms. The van der Waals surface area contributed by atoms with Crippen LogP contribution in [0.25, 0.3) is 16.5 Å². The van der Waals surface area contributed by atoms with Gasteiger partial charge in [-0.05, 0) is 54.6 Å². The normalized spacial score (nSPS) is 12.0. The molecule has 3 N–H and O–H groups in total. The van der Waals surface area contributed by atoms with Crippen molar-refractivity contribution in [1.29, 1.82) is 0 Å². The van der Waals surface area contributed by atoms with Gasteiger partial charge in [-0.3, -0.25) is 14.3 Å². The molecule has 9 nitrogen and oxygen atoms in total. The number of carbonyl (C=O) groups excluding carboxylic acids is 1. The molecule has 0 aliphatic carbocycles. The summed E-state index contributed by atoms with van der Waals surface area (Å²) in [7, 11) is -4.12. The lowest BCUT2D eigenvalue weighted by Crippen LogP contribution is -2.21. The number of amides is 1.